The van der Waals surface area contributed by atoms with Gasteiger partial charge < -0.3 is 9.11 Å². The standard InChI is InChI=1S/C3H8O6S2.2Li/c4-10(5,6)2-1-3-11(7,8)9;;/h1-3H2,(H,4,5,6)(H,7,8,9);;/q;2*+1/p-2. The number of hydrogen-bond acceptors (Lipinski definition) is 6. The first-order valence-corrected chi connectivity index (χ1v) is 5.73. The molecule has 0 saturated carbocycles. The first kappa shape index (κ1) is 19.6. The Morgan fingerprint density at radius 3 is 1.15 bits per heavy atom. The second-order valence-corrected chi connectivity index (χ2v) is 4.92. The van der Waals surface area contributed by atoms with Crippen LogP contribution >= 0.6 is 0 Å². The van der Waals surface area contributed by atoms with Crippen molar-refractivity contribution in [1.82, 2.24) is 0 Å². The molecule has 0 rings (SSSR count). The molecule has 0 unspecified atom stereocenters. The van der Waals surface area contributed by atoms with Gasteiger partial charge in [0.15, 0.2) is 0 Å². The zero-order chi connectivity index (χ0) is 9.12. The minimum absolute atomic E-state index is 0. The maximum atomic E-state index is 9.86. The molecule has 0 heterocycles. The van der Waals surface area contributed by atoms with E-state index in [0.29, 0.717) is 0 Å². The molecule has 0 aromatic heterocycles. The average Bonchev–Trinajstić information content (AvgIpc) is 1.55. The van der Waals surface area contributed by atoms with Gasteiger partial charge in [0.1, 0.15) is 0 Å². The predicted octanol–water partition coefficient (Wildman–Crippen LogP) is -7.53. The molecule has 0 atom stereocenters. The summed E-state index contributed by atoms with van der Waals surface area (Å²) >= 11 is 0. The Hall–Kier alpha value is 1.01. The third kappa shape index (κ3) is 19.4. The van der Waals surface area contributed by atoms with Gasteiger partial charge in [0.25, 0.3) is 0 Å². The smallest absolute Gasteiger partial charge is 0.748 e. The van der Waals surface area contributed by atoms with Crippen LogP contribution in [0, 0.1) is 0 Å². The summed E-state index contributed by atoms with van der Waals surface area (Å²) < 4.78 is 59.2. The Morgan fingerprint density at radius 2 is 1.00 bits per heavy atom. The van der Waals surface area contributed by atoms with Gasteiger partial charge in [-0.05, 0) is 6.42 Å². The monoisotopic (exact) mass is 216 g/mol. The second kappa shape index (κ2) is 7.33. The molecule has 0 aliphatic carbocycles. The predicted molar refractivity (Wildman–Crippen MR) is 33.7 cm³/mol. The van der Waals surface area contributed by atoms with Crippen LogP contribution in [-0.4, -0.2) is 37.4 Å². The molecular formula is C3H6Li2O6S2. The summed E-state index contributed by atoms with van der Waals surface area (Å²) in [5.74, 6) is -1.62. The Kier molecular flexibility index (Phi) is 11.0. The van der Waals surface area contributed by atoms with Gasteiger partial charge in [0.05, 0.1) is 20.2 Å². The van der Waals surface area contributed by atoms with Crippen molar-refractivity contribution in [2.75, 3.05) is 11.5 Å². The van der Waals surface area contributed by atoms with Crippen molar-refractivity contribution in [2.24, 2.45) is 0 Å². The third-order valence-electron chi connectivity index (χ3n) is 0.789. The van der Waals surface area contributed by atoms with E-state index in [2.05, 4.69) is 0 Å². The molecule has 0 bridgehead atoms. The summed E-state index contributed by atoms with van der Waals surface area (Å²) in [6, 6.07) is 0. The molecule has 0 amide bonds. The summed E-state index contributed by atoms with van der Waals surface area (Å²) in [6.07, 6.45) is -0.433. The van der Waals surface area contributed by atoms with Crippen LogP contribution in [0.5, 0.6) is 0 Å². The van der Waals surface area contributed by atoms with Crippen LogP contribution in [0.2, 0.25) is 0 Å². The molecule has 68 valence electrons. The van der Waals surface area contributed by atoms with Crippen molar-refractivity contribution in [3.63, 3.8) is 0 Å². The Bertz CT molecular complexity index is 273. The van der Waals surface area contributed by atoms with E-state index in [9.17, 15) is 25.9 Å². The molecular weight excluding hydrogens is 210 g/mol. The van der Waals surface area contributed by atoms with Crippen LogP contribution in [0.15, 0.2) is 0 Å². The molecule has 0 spiro atoms. The Labute approximate surface area is 101 Å². The molecule has 0 radical (unpaired) electrons. The molecule has 10 heteroatoms. The van der Waals surface area contributed by atoms with Crippen molar-refractivity contribution in [3.8, 4) is 0 Å². The van der Waals surface area contributed by atoms with Gasteiger partial charge in [0.2, 0.25) is 0 Å². The quantitative estimate of drug-likeness (QED) is 0.340. The molecule has 0 aliphatic rings. The van der Waals surface area contributed by atoms with Gasteiger partial charge in [-0.25, -0.2) is 16.8 Å². The minimum atomic E-state index is -4.40. The van der Waals surface area contributed by atoms with Gasteiger partial charge in [0, 0.05) is 11.5 Å². The minimum Gasteiger partial charge on any atom is -0.748 e. The molecule has 13 heavy (non-hydrogen) atoms. The molecule has 0 fully saturated rings. The van der Waals surface area contributed by atoms with Crippen molar-refractivity contribution in [3.05, 3.63) is 0 Å². The Balaban J connectivity index is -0.000000500. The molecule has 0 saturated heterocycles. The van der Waals surface area contributed by atoms with Crippen molar-refractivity contribution in [1.29, 1.82) is 0 Å². The first-order chi connectivity index (χ1) is 4.71. The third-order valence-corrected chi connectivity index (χ3v) is 2.37. The number of rotatable bonds is 4. The SMILES string of the molecule is O=S(=O)([O-])CCCS(=O)(=O)[O-].[Li+].[Li+]. The first-order valence-electron chi connectivity index (χ1n) is 2.58. The Morgan fingerprint density at radius 1 is 0.769 bits per heavy atom. The van der Waals surface area contributed by atoms with Crippen molar-refractivity contribution in [2.45, 2.75) is 6.42 Å². The molecule has 0 aliphatic heterocycles. The van der Waals surface area contributed by atoms with Crippen molar-refractivity contribution < 1.29 is 63.7 Å². The van der Waals surface area contributed by atoms with E-state index in [-0.39, 0.29) is 37.7 Å². The van der Waals surface area contributed by atoms with E-state index in [1.807, 2.05) is 0 Å². The van der Waals surface area contributed by atoms with Crippen LogP contribution in [0.4, 0.5) is 0 Å². The normalized spacial score (nSPS) is 11.2. The van der Waals surface area contributed by atoms with Gasteiger partial charge in [-0.3, -0.25) is 0 Å². The summed E-state index contributed by atoms with van der Waals surface area (Å²) in [5, 5.41) is 0. The van der Waals surface area contributed by atoms with E-state index in [1.54, 1.807) is 0 Å². The fourth-order valence-electron chi connectivity index (χ4n) is 0.412. The fraction of sp³-hybridized carbons (Fsp3) is 1.00. The zero-order valence-corrected chi connectivity index (χ0v) is 9.02. The van der Waals surface area contributed by atoms with Crippen LogP contribution in [-0.2, 0) is 20.2 Å². The van der Waals surface area contributed by atoms with E-state index in [4.69, 9.17) is 0 Å². The van der Waals surface area contributed by atoms with E-state index >= 15 is 0 Å². The van der Waals surface area contributed by atoms with Crippen LogP contribution in [0.25, 0.3) is 0 Å². The van der Waals surface area contributed by atoms with Crippen molar-refractivity contribution >= 4 is 20.2 Å². The molecule has 0 aromatic carbocycles. The summed E-state index contributed by atoms with van der Waals surface area (Å²) in [4.78, 5) is 0. The maximum absolute atomic E-state index is 9.86. The van der Waals surface area contributed by atoms with Crippen LogP contribution in [0.1, 0.15) is 6.42 Å². The molecule has 0 aromatic rings. The largest absolute Gasteiger partial charge is 1.00 e. The van der Waals surface area contributed by atoms with Crippen LogP contribution < -0.4 is 37.7 Å². The fourth-order valence-corrected chi connectivity index (χ4v) is 1.59. The summed E-state index contributed by atoms with van der Waals surface area (Å²) in [5.41, 5.74) is 0. The second-order valence-electron chi connectivity index (χ2n) is 1.88. The molecule has 6 nitrogen and oxygen atoms in total. The van der Waals surface area contributed by atoms with Gasteiger partial charge in [-0.15, -0.1) is 0 Å². The van der Waals surface area contributed by atoms with E-state index < -0.39 is 38.2 Å². The van der Waals surface area contributed by atoms with Gasteiger partial charge >= 0.3 is 37.7 Å². The topological polar surface area (TPSA) is 114 Å². The van der Waals surface area contributed by atoms with E-state index in [1.165, 1.54) is 0 Å². The summed E-state index contributed by atoms with van der Waals surface area (Å²) in [6.45, 7) is 0. The van der Waals surface area contributed by atoms with Gasteiger partial charge in [-0.2, -0.15) is 0 Å². The average molecular weight is 216 g/mol. The van der Waals surface area contributed by atoms with E-state index in [0.717, 1.165) is 0 Å². The zero-order valence-electron chi connectivity index (χ0n) is 7.39. The molecule has 0 N–H and O–H groups in total. The number of hydrogen-bond donors (Lipinski definition) is 0. The van der Waals surface area contributed by atoms with Crippen LogP contribution in [0.3, 0.4) is 0 Å². The van der Waals surface area contributed by atoms with Gasteiger partial charge in [-0.1, -0.05) is 0 Å². The summed E-state index contributed by atoms with van der Waals surface area (Å²) in [7, 11) is -8.80. The maximum Gasteiger partial charge on any atom is 1.00 e.